The highest BCUT2D eigenvalue weighted by Gasteiger charge is 2.13. The van der Waals surface area contributed by atoms with Crippen LogP contribution in [0.4, 0.5) is 0 Å². The quantitative estimate of drug-likeness (QED) is 0.556. The minimum Gasteiger partial charge on any atom is -0.493 e. The van der Waals surface area contributed by atoms with Crippen LogP contribution in [0, 0.1) is 0 Å². The molecular formula is C21H23NO6. The zero-order chi connectivity index (χ0) is 20.5. The number of hydrogen-bond donors (Lipinski definition) is 1. The molecule has 2 aromatic carbocycles. The van der Waals surface area contributed by atoms with Crippen LogP contribution in [-0.4, -0.2) is 40.3 Å². The summed E-state index contributed by atoms with van der Waals surface area (Å²) in [5.74, 6) is 0.875. The minimum absolute atomic E-state index is 0.259. The van der Waals surface area contributed by atoms with Gasteiger partial charge in [0, 0.05) is 12.6 Å². The van der Waals surface area contributed by atoms with Gasteiger partial charge in [-0.05, 0) is 41.5 Å². The molecule has 0 bridgehead atoms. The first kappa shape index (κ1) is 20.8. The standard InChI is InChI=1S/C21H23NO6/c1-25-17-11-15(12-18(26-2)20(17)27-3)13-22-19(23)10-7-14-5-8-16(9-6-14)21(24)28-4/h5-12H,13H2,1-4H3,(H,22,23)/b10-7+. The Hall–Kier alpha value is -3.48. The highest BCUT2D eigenvalue weighted by Crippen LogP contribution is 2.38. The van der Waals surface area contributed by atoms with Crippen LogP contribution in [0.5, 0.6) is 17.2 Å². The smallest absolute Gasteiger partial charge is 0.337 e. The number of esters is 1. The third-order valence-corrected chi connectivity index (χ3v) is 3.95. The van der Waals surface area contributed by atoms with Gasteiger partial charge in [-0.3, -0.25) is 4.79 Å². The Bertz CT molecular complexity index is 833. The normalized spacial score (nSPS) is 10.4. The SMILES string of the molecule is COC(=O)c1ccc(/C=C/C(=O)NCc2cc(OC)c(OC)c(OC)c2)cc1. The molecular weight excluding hydrogens is 362 g/mol. The third-order valence-electron chi connectivity index (χ3n) is 3.95. The molecule has 1 amide bonds. The second kappa shape index (κ2) is 10.0. The first-order chi connectivity index (χ1) is 13.5. The molecule has 1 N–H and O–H groups in total. The van der Waals surface area contributed by atoms with Crippen molar-refractivity contribution in [3.8, 4) is 17.2 Å². The topological polar surface area (TPSA) is 83.1 Å². The van der Waals surface area contributed by atoms with E-state index in [0.717, 1.165) is 11.1 Å². The predicted octanol–water partition coefficient (Wildman–Crippen LogP) is 2.83. The number of ether oxygens (including phenoxy) is 4. The molecule has 7 nitrogen and oxygen atoms in total. The van der Waals surface area contributed by atoms with Gasteiger partial charge in [-0.1, -0.05) is 12.1 Å². The molecule has 0 aliphatic heterocycles. The van der Waals surface area contributed by atoms with Gasteiger partial charge in [0.15, 0.2) is 11.5 Å². The molecule has 0 saturated carbocycles. The monoisotopic (exact) mass is 385 g/mol. The molecule has 0 aliphatic rings. The van der Waals surface area contributed by atoms with Crippen LogP contribution >= 0.6 is 0 Å². The van der Waals surface area contributed by atoms with Crippen molar-refractivity contribution in [2.24, 2.45) is 0 Å². The van der Waals surface area contributed by atoms with Gasteiger partial charge in [0.1, 0.15) is 0 Å². The van der Waals surface area contributed by atoms with Gasteiger partial charge in [-0.25, -0.2) is 4.79 Å². The highest BCUT2D eigenvalue weighted by molar-refractivity contribution is 5.92. The van der Waals surface area contributed by atoms with Gasteiger partial charge >= 0.3 is 5.97 Å². The maximum absolute atomic E-state index is 12.1. The lowest BCUT2D eigenvalue weighted by Gasteiger charge is -2.14. The van der Waals surface area contributed by atoms with E-state index in [1.807, 2.05) is 0 Å². The molecule has 0 aromatic heterocycles. The first-order valence-electron chi connectivity index (χ1n) is 8.45. The molecule has 0 saturated heterocycles. The van der Waals surface area contributed by atoms with Gasteiger partial charge in [0.2, 0.25) is 11.7 Å². The fraction of sp³-hybridized carbons (Fsp3) is 0.238. The van der Waals surface area contributed by atoms with E-state index in [4.69, 9.17) is 14.2 Å². The van der Waals surface area contributed by atoms with Crippen LogP contribution < -0.4 is 19.5 Å². The average molecular weight is 385 g/mol. The van der Waals surface area contributed by atoms with E-state index in [0.29, 0.717) is 29.4 Å². The molecule has 0 aliphatic carbocycles. The van der Waals surface area contributed by atoms with E-state index in [9.17, 15) is 9.59 Å². The second-order valence-corrected chi connectivity index (χ2v) is 5.70. The van der Waals surface area contributed by atoms with Crippen LogP contribution in [0.1, 0.15) is 21.5 Å². The Labute approximate surface area is 163 Å². The molecule has 148 valence electrons. The van der Waals surface area contributed by atoms with Crippen molar-refractivity contribution in [3.05, 3.63) is 59.2 Å². The Balaban J connectivity index is 2.00. The molecule has 28 heavy (non-hydrogen) atoms. The van der Waals surface area contributed by atoms with Crippen LogP contribution in [0.15, 0.2) is 42.5 Å². The number of hydrogen-bond acceptors (Lipinski definition) is 6. The fourth-order valence-corrected chi connectivity index (χ4v) is 2.51. The number of carbonyl (C=O) groups excluding carboxylic acids is 2. The van der Waals surface area contributed by atoms with Crippen LogP contribution in [0.25, 0.3) is 6.08 Å². The van der Waals surface area contributed by atoms with E-state index in [1.54, 1.807) is 42.5 Å². The summed E-state index contributed by atoms with van der Waals surface area (Å²) in [6.45, 7) is 0.293. The Morgan fingerprint density at radius 1 is 0.929 bits per heavy atom. The number of benzene rings is 2. The fourth-order valence-electron chi connectivity index (χ4n) is 2.51. The number of carbonyl (C=O) groups is 2. The minimum atomic E-state index is -0.404. The zero-order valence-electron chi connectivity index (χ0n) is 16.3. The van der Waals surface area contributed by atoms with Crippen molar-refractivity contribution in [1.29, 1.82) is 0 Å². The summed E-state index contributed by atoms with van der Waals surface area (Å²) in [6, 6.07) is 10.3. The summed E-state index contributed by atoms with van der Waals surface area (Å²) in [5.41, 5.74) is 2.04. The van der Waals surface area contributed by atoms with Gasteiger partial charge in [-0.15, -0.1) is 0 Å². The van der Waals surface area contributed by atoms with E-state index in [-0.39, 0.29) is 5.91 Å². The van der Waals surface area contributed by atoms with Crippen LogP contribution in [-0.2, 0) is 16.1 Å². The molecule has 0 unspecified atom stereocenters. The molecule has 2 aromatic rings. The van der Waals surface area contributed by atoms with Gasteiger partial charge < -0.3 is 24.3 Å². The van der Waals surface area contributed by atoms with Gasteiger partial charge in [-0.2, -0.15) is 0 Å². The molecule has 0 fully saturated rings. The van der Waals surface area contributed by atoms with Gasteiger partial charge in [0.25, 0.3) is 0 Å². The number of methoxy groups -OCH3 is 4. The third kappa shape index (κ3) is 5.26. The second-order valence-electron chi connectivity index (χ2n) is 5.70. The van der Waals surface area contributed by atoms with Gasteiger partial charge in [0.05, 0.1) is 34.0 Å². The Morgan fingerprint density at radius 2 is 1.54 bits per heavy atom. The molecule has 0 radical (unpaired) electrons. The predicted molar refractivity (Wildman–Crippen MR) is 105 cm³/mol. The maximum Gasteiger partial charge on any atom is 0.337 e. The zero-order valence-corrected chi connectivity index (χ0v) is 16.3. The number of nitrogens with one attached hydrogen (secondary N) is 1. The Kier molecular flexibility index (Phi) is 7.45. The number of amides is 1. The molecule has 0 heterocycles. The van der Waals surface area contributed by atoms with Crippen LogP contribution in [0.2, 0.25) is 0 Å². The number of rotatable bonds is 8. The van der Waals surface area contributed by atoms with Crippen molar-refractivity contribution < 1.29 is 28.5 Å². The molecule has 7 heteroatoms. The van der Waals surface area contributed by atoms with Crippen molar-refractivity contribution in [1.82, 2.24) is 5.32 Å². The lowest BCUT2D eigenvalue weighted by molar-refractivity contribution is -0.116. The summed E-state index contributed by atoms with van der Waals surface area (Å²) in [7, 11) is 5.93. The Morgan fingerprint density at radius 3 is 2.04 bits per heavy atom. The molecule has 2 rings (SSSR count). The van der Waals surface area contributed by atoms with Crippen LogP contribution in [0.3, 0.4) is 0 Å². The molecule has 0 atom stereocenters. The summed E-state index contributed by atoms with van der Waals surface area (Å²) in [6.07, 6.45) is 3.08. The maximum atomic E-state index is 12.1. The summed E-state index contributed by atoms with van der Waals surface area (Å²) in [5, 5.41) is 2.80. The van der Waals surface area contributed by atoms with E-state index in [2.05, 4.69) is 10.1 Å². The van der Waals surface area contributed by atoms with Crippen molar-refractivity contribution in [3.63, 3.8) is 0 Å². The summed E-state index contributed by atoms with van der Waals surface area (Å²) in [4.78, 5) is 23.5. The lowest BCUT2D eigenvalue weighted by atomic mass is 10.1. The lowest BCUT2D eigenvalue weighted by Crippen LogP contribution is -2.20. The molecule has 0 spiro atoms. The summed E-state index contributed by atoms with van der Waals surface area (Å²) < 4.78 is 20.5. The van der Waals surface area contributed by atoms with E-state index >= 15 is 0 Å². The average Bonchev–Trinajstić information content (AvgIpc) is 2.74. The van der Waals surface area contributed by atoms with Crippen molar-refractivity contribution >= 4 is 18.0 Å². The summed E-state index contributed by atoms with van der Waals surface area (Å²) >= 11 is 0. The van der Waals surface area contributed by atoms with E-state index in [1.165, 1.54) is 34.5 Å². The highest BCUT2D eigenvalue weighted by atomic mass is 16.5. The first-order valence-corrected chi connectivity index (χ1v) is 8.45. The van der Waals surface area contributed by atoms with Crippen molar-refractivity contribution in [2.45, 2.75) is 6.54 Å². The largest absolute Gasteiger partial charge is 0.493 e. The van der Waals surface area contributed by atoms with Crippen molar-refractivity contribution in [2.75, 3.05) is 28.4 Å². The van der Waals surface area contributed by atoms with E-state index < -0.39 is 5.97 Å².